The van der Waals surface area contributed by atoms with Gasteiger partial charge in [0.15, 0.2) is 9.84 Å². The molecule has 1 aliphatic heterocycles. The van der Waals surface area contributed by atoms with Gasteiger partial charge in [-0.15, -0.1) is 0 Å². The smallest absolute Gasteiger partial charge is 0.253 e. The van der Waals surface area contributed by atoms with E-state index in [1.165, 1.54) is 12.1 Å². The zero-order valence-electron chi connectivity index (χ0n) is 12.2. The van der Waals surface area contributed by atoms with E-state index in [1.807, 2.05) is 4.90 Å². The zero-order valence-corrected chi connectivity index (χ0v) is 13.0. The van der Waals surface area contributed by atoms with Crippen molar-refractivity contribution in [2.45, 2.75) is 25.2 Å². The second-order valence-corrected chi connectivity index (χ2v) is 7.97. The highest BCUT2D eigenvalue weighted by Crippen LogP contribution is 2.23. The van der Waals surface area contributed by atoms with Crippen LogP contribution in [0.25, 0.3) is 0 Å². The van der Waals surface area contributed by atoms with Crippen molar-refractivity contribution in [3.63, 3.8) is 0 Å². The number of rotatable bonds is 2. The van der Waals surface area contributed by atoms with E-state index >= 15 is 0 Å². The van der Waals surface area contributed by atoms with E-state index in [9.17, 15) is 13.2 Å². The molecule has 5 heteroatoms. The minimum atomic E-state index is -3.28. The molecule has 1 aliphatic rings. The van der Waals surface area contributed by atoms with Crippen molar-refractivity contribution in [3.8, 4) is 0 Å². The van der Waals surface area contributed by atoms with Gasteiger partial charge >= 0.3 is 0 Å². The van der Waals surface area contributed by atoms with Gasteiger partial charge in [-0.25, -0.2) is 8.42 Å². The number of benzene rings is 1. The van der Waals surface area contributed by atoms with E-state index in [4.69, 9.17) is 0 Å². The van der Waals surface area contributed by atoms with E-state index < -0.39 is 9.84 Å². The van der Waals surface area contributed by atoms with Crippen LogP contribution in [0.4, 0.5) is 0 Å². The predicted octanol–water partition coefficient (Wildman–Crippen LogP) is 2.21. The van der Waals surface area contributed by atoms with Crippen LogP contribution < -0.4 is 0 Å². The molecular weight excluding hydrogens is 274 g/mol. The van der Waals surface area contributed by atoms with Gasteiger partial charge in [0, 0.05) is 24.9 Å². The fraction of sp³-hybridized carbons (Fsp3) is 0.533. The normalized spacial score (nSPS) is 23.6. The molecule has 0 radical (unpaired) electrons. The molecule has 0 aliphatic carbocycles. The van der Waals surface area contributed by atoms with Gasteiger partial charge < -0.3 is 4.90 Å². The van der Waals surface area contributed by atoms with Crippen LogP contribution in [0.1, 0.15) is 30.6 Å². The first kappa shape index (κ1) is 15.0. The number of nitrogens with zero attached hydrogens (tertiary/aromatic N) is 1. The van der Waals surface area contributed by atoms with Crippen molar-refractivity contribution in [2.75, 3.05) is 19.3 Å². The summed E-state index contributed by atoms with van der Waals surface area (Å²) in [5.74, 6) is 0.899. The van der Waals surface area contributed by atoms with Crippen molar-refractivity contribution in [2.24, 2.45) is 11.8 Å². The van der Waals surface area contributed by atoms with Crippen LogP contribution in [0.3, 0.4) is 0 Å². The fourth-order valence-electron chi connectivity index (χ4n) is 2.87. The summed E-state index contributed by atoms with van der Waals surface area (Å²) in [5, 5.41) is 0. The fourth-order valence-corrected chi connectivity index (χ4v) is 3.54. The SMILES string of the molecule is C[C@@H]1C[C@@H](C)CN(C(=O)c2cccc(S(C)(=O)=O)c2)C1. The molecule has 2 atom stereocenters. The summed E-state index contributed by atoms with van der Waals surface area (Å²) in [5.41, 5.74) is 0.453. The lowest BCUT2D eigenvalue weighted by atomic mass is 9.91. The summed E-state index contributed by atoms with van der Waals surface area (Å²) < 4.78 is 23.1. The zero-order chi connectivity index (χ0) is 14.9. The Balaban J connectivity index is 2.25. The minimum Gasteiger partial charge on any atom is -0.338 e. The van der Waals surface area contributed by atoms with Crippen molar-refractivity contribution in [1.82, 2.24) is 4.90 Å². The van der Waals surface area contributed by atoms with Crippen LogP contribution in [0.5, 0.6) is 0 Å². The summed E-state index contributed by atoms with van der Waals surface area (Å²) in [4.78, 5) is 14.5. The third-order valence-electron chi connectivity index (χ3n) is 3.67. The number of likely N-dealkylation sites (tertiary alicyclic amines) is 1. The van der Waals surface area contributed by atoms with Crippen LogP contribution in [0.2, 0.25) is 0 Å². The Bertz CT molecular complexity index is 599. The van der Waals surface area contributed by atoms with Crippen LogP contribution >= 0.6 is 0 Å². The summed E-state index contributed by atoms with van der Waals surface area (Å²) in [6.07, 6.45) is 2.29. The number of sulfone groups is 1. The lowest BCUT2D eigenvalue weighted by molar-refractivity contribution is 0.0623. The van der Waals surface area contributed by atoms with Gasteiger partial charge in [0.25, 0.3) is 5.91 Å². The Hall–Kier alpha value is -1.36. The molecule has 2 rings (SSSR count). The van der Waals surface area contributed by atoms with Crippen molar-refractivity contribution < 1.29 is 13.2 Å². The molecule has 110 valence electrons. The molecular formula is C15H21NO3S. The molecule has 20 heavy (non-hydrogen) atoms. The van der Waals surface area contributed by atoms with Gasteiger partial charge in [0.1, 0.15) is 0 Å². The number of carbonyl (C=O) groups excluding carboxylic acids is 1. The minimum absolute atomic E-state index is 0.0751. The number of piperidine rings is 1. The molecule has 0 spiro atoms. The summed E-state index contributed by atoms with van der Waals surface area (Å²) in [6, 6.07) is 6.30. The lowest BCUT2D eigenvalue weighted by Crippen LogP contribution is -2.42. The van der Waals surface area contributed by atoms with E-state index in [0.717, 1.165) is 25.8 Å². The highest BCUT2D eigenvalue weighted by molar-refractivity contribution is 7.90. The second kappa shape index (κ2) is 5.56. The first-order valence-corrected chi connectivity index (χ1v) is 8.76. The van der Waals surface area contributed by atoms with E-state index in [-0.39, 0.29) is 10.8 Å². The maximum absolute atomic E-state index is 12.5. The third kappa shape index (κ3) is 3.39. The highest BCUT2D eigenvalue weighted by Gasteiger charge is 2.26. The number of hydrogen-bond donors (Lipinski definition) is 0. The number of hydrogen-bond acceptors (Lipinski definition) is 3. The molecule has 0 N–H and O–H groups in total. The molecule has 1 fully saturated rings. The molecule has 0 saturated carbocycles. The summed E-state index contributed by atoms with van der Waals surface area (Å²) >= 11 is 0. The van der Waals surface area contributed by atoms with Crippen LogP contribution in [0, 0.1) is 11.8 Å². The standard InChI is InChI=1S/C15H21NO3S/c1-11-7-12(2)10-16(9-11)15(17)13-5-4-6-14(8-13)20(3,18)19/h4-6,8,11-12H,7,9-10H2,1-3H3/t11-,12-/m1/s1. The van der Waals surface area contributed by atoms with Gasteiger partial charge in [0.05, 0.1) is 4.90 Å². The van der Waals surface area contributed by atoms with Gasteiger partial charge in [-0.1, -0.05) is 19.9 Å². The molecule has 0 aromatic heterocycles. The Morgan fingerprint density at radius 3 is 2.35 bits per heavy atom. The van der Waals surface area contributed by atoms with Crippen molar-refractivity contribution >= 4 is 15.7 Å². The van der Waals surface area contributed by atoms with Gasteiger partial charge in [-0.3, -0.25) is 4.79 Å². The van der Waals surface area contributed by atoms with Crippen LogP contribution in [-0.4, -0.2) is 38.6 Å². The average molecular weight is 295 g/mol. The summed E-state index contributed by atoms with van der Waals surface area (Å²) in [6.45, 7) is 5.77. The number of amides is 1. The molecule has 1 aromatic rings. The molecule has 1 amide bonds. The number of carbonyl (C=O) groups is 1. The van der Waals surface area contributed by atoms with Crippen LogP contribution in [0.15, 0.2) is 29.2 Å². The first-order chi connectivity index (χ1) is 9.27. The van der Waals surface area contributed by atoms with E-state index in [1.54, 1.807) is 12.1 Å². The monoisotopic (exact) mass is 295 g/mol. The quantitative estimate of drug-likeness (QED) is 0.840. The Kier molecular flexibility index (Phi) is 4.18. The largest absolute Gasteiger partial charge is 0.338 e. The average Bonchev–Trinajstić information content (AvgIpc) is 2.36. The highest BCUT2D eigenvalue weighted by atomic mass is 32.2. The Morgan fingerprint density at radius 2 is 1.80 bits per heavy atom. The maximum Gasteiger partial charge on any atom is 0.253 e. The molecule has 1 saturated heterocycles. The molecule has 0 bridgehead atoms. The van der Waals surface area contributed by atoms with Crippen molar-refractivity contribution in [1.29, 1.82) is 0 Å². The first-order valence-electron chi connectivity index (χ1n) is 6.86. The maximum atomic E-state index is 12.5. The van der Waals surface area contributed by atoms with Crippen molar-refractivity contribution in [3.05, 3.63) is 29.8 Å². The third-order valence-corrected chi connectivity index (χ3v) is 4.78. The van der Waals surface area contributed by atoms with Gasteiger partial charge in [-0.05, 0) is 36.5 Å². The molecule has 1 aromatic carbocycles. The Morgan fingerprint density at radius 1 is 1.20 bits per heavy atom. The molecule has 4 nitrogen and oxygen atoms in total. The molecule has 1 heterocycles. The Labute approximate surface area is 120 Å². The van der Waals surface area contributed by atoms with Gasteiger partial charge in [0.2, 0.25) is 0 Å². The van der Waals surface area contributed by atoms with E-state index in [2.05, 4.69) is 13.8 Å². The van der Waals surface area contributed by atoms with Gasteiger partial charge in [-0.2, -0.15) is 0 Å². The van der Waals surface area contributed by atoms with Crippen LogP contribution in [-0.2, 0) is 9.84 Å². The second-order valence-electron chi connectivity index (χ2n) is 5.96. The van der Waals surface area contributed by atoms with E-state index in [0.29, 0.717) is 17.4 Å². The predicted molar refractivity (Wildman–Crippen MR) is 78.4 cm³/mol. The summed E-state index contributed by atoms with van der Waals surface area (Å²) in [7, 11) is -3.28. The topological polar surface area (TPSA) is 54.5 Å². The molecule has 0 unspecified atom stereocenters. The lowest BCUT2D eigenvalue weighted by Gasteiger charge is -2.35.